The van der Waals surface area contributed by atoms with Crippen molar-refractivity contribution in [2.45, 2.75) is 0 Å². The summed E-state index contributed by atoms with van der Waals surface area (Å²) in [5, 5.41) is 3.99. The van der Waals surface area contributed by atoms with Gasteiger partial charge in [0.25, 0.3) is 0 Å². The molecule has 0 bridgehead atoms. The van der Waals surface area contributed by atoms with Crippen molar-refractivity contribution in [3.63, 3.8) is 0 Å². The first kappa shape index (κ1) is 16.4. The highest BCUT2D eigenvalue weighted by Gasteiger charge is 2.43. The Bertz CT molecular complexity index is 698. The molecule has 0 saturated carbocycles. The van der Waals surface area contributed by atoms with Gasteiger partial charge in [0.15, 0.2) is 0 Å². The molecule has 1 nitrogen and oxygen atoms in total. The van der Waals surface area contributed by atoms with Crippen LogP contribution in [0.15, 0.2) is 103 Å². The minimum Gasteiger partial charge on any atom is -0.299 e. The summed E-state index contributed by atoms with van der Waals surface area (Å²) in [5.74, 6) is 0. The Labute approximate surface area is 144 Å². The van der Waals surface area contributed by atoms with Crippen LogP contribution >= 0.6 is 7.26 Å². The van der Waals surface area contributed by atoms with E-state index in [0.717, 1.165) is 12.4 Å². The van der Waals surface area contributed by atoms with Gasteiger partial charge in [0.05, 0.1) is 6.16 Å². The van der Waals surface area contributed by atoms with Crippen LogP contribution in [0.1, 0.15) is 0 Å². The summed E-state index contributed by atoms with van der Waals surface area (Å²) < 4.78 is 0. The van der Waals surface area contributed by atoms with Crippen molar-refractivity contribution in [1.82, 2.24) is 0 Å². The highest BCUT2D eigenvalue weighted by molar-refractivity contribution is 7.95. The highest BCUT2D eigenvalue weighted by Crippen LogP contribution is 2.55. The van der Waals surface area contributed by atoms with Crippen molar-refractivity contribution in [2.75, 3.05) is 6.16 Å². The second-order valence-electron chi connectivity index (χ2n) is 5.56. The number of carbonyl (C=O) groups is 1. The molecule has 0 atom stereocenters. The summed E-state index contributed by atoms with van der Waals surface area (Å²) >= 11 is 0. The molecular weight excluding hydrogens is 311 g/mol. The number of carbonyl (C=O) groups excluding carboxylic acids is 1. The maximum atomic E-state index is 10.8. The third-order valence-corrected chi connectivity index (χ3v) is 8.48. The van der Waals surface area contributed by atoms with E-state index in [1.807, 2.05) is 6.08 Å². The van der Waals surface area contributed by atoms with Crippen LogP contribution in [0.4, 0.5) is 0 Å². The third-order valence-electron chi connectivity index (χ3n) is 4.18. The zero-order valence-corrected chi connectivity index (χ0v) is 14.3. The molecule has 3 aromatic carbocycles. The normalized spacial score (nSPS) is 11.5. The van der Waals surface area contributed by atoms with E-state index in [1.54, 1.807) is 6.08 Å². The van der Waals surface area contributed by atoms with Crippen LogP contribution in [0.3, 0.4) is 0 Å². The first-order valence-corrected chi connectivity index (χ1v) is 10.0. The summed E-state index contributed by atoms with van der Waals surface area (Å²) in [7, 11) is -1.83. The Morgan fingerprint density at radius 2 is 1.00 bits per heavy atom. The standard InChI is InChI=1S/C22H20OP/c23-18-10-11-19-24(20-12-4-1-5-13-20,21-14-6-2-7-15-21)22-16-8-3-9-17-22/h1-18H,19H2/q+1/b11-10+. The van der Waals surface area contributed by atoms with Gasteiger partial charge < -0.3 is 0 Å². The largest absolute Gasteiger partial charge is 0.299 e. The van der Waals surface area contributed by atoms with Crippen molar-refractivity contribution in [1.29, 1.82) is 0 Å². The van der Waals surface area contributed by atoms with Crippen LogP contribution in [-0.2, 0) is 4.79 Å². The number of rotatable bonds is 6. The molecule has 0 fully saturated rings. The number of aldehydes is 1. The fourth-order valence-corrected chi connectivity index (χ4v) is 7.09. The molecule has 0 spiro atoms. The third kappa shape index (κ3) is 3.22. The summed E-state index contributed by atoms with van der Waals surface area (Å²) in [6, 6.07) is 32.0. The lowest BCUT2D eigenvalue weighted by atomic mass is 10.4. The monoisotopic (exact) mass is 331 g/mol. The van der Waals surface area contributed by atoms with E-state index >= 15 is 0 Å². The first-order valence-electron chi connectivity index (χ1n) is 8.03. The van der Waals surface area contributed by atoms with Crippen LogP contribution in [0, 0.1) is 0 Å². The molecule has 118 valence electrons. The fourth-order valence-electron chi connectivity index (χ4n) is 3.09. The summed E-state index contributed by atoms with van der Waals surface area (Å²) in [6.45, 7) is 0. The number of hydrogen-bond acceptors (Lipinski definition) is 1. The van der Waals surface area contributed by atoms with Gasteiger partial charge in [0.1, 0.15) is 29.5 Å². The fraction of sp³-hybridized carbons (Fsp3) is 0.0455. The Balaban J connectivity index is 2.28. The molecular formula is C22H20OP+. The maximum absolute atomic E-state index is 10.8. The molecule has 2 heteroatoms. The second kappa shape index (κ2) is 7.86. The van der Waals surface area contributed by atoms with Crippen molar-refractivity contribution in [3.8, 4) is 0 Å². The van der Waals surface area contributed by atoms with Crippen LogP contribution < -0.4 is 15.9 Å². The average molecular weight is 331 g/mol. The Hall–Kier alpha value is -2.50. The molecule has 0 heterocycles. The van der Waals surface area contributed by atoms with Gasteiger partial charge in [-0.1, -0.05) is 54.6 Å². The van der Waals surface area contributed by atoms with E-state index < -0.39 is 7.26 Å². The van der Waals surface area contributed by atoms with Crippen LogP contribution in [0.2, 0.25) is 0 Å². The smallest absolute Gasteiger partial charge is 0.142 e. The van der Waals surface area contributed by atoms with Crippen LogP contribution in [-0.4, -0.2) is 12.4 Å². The van der Waals surface area contributed by atoms with Gasteiger partial charge >= 0.3 is 0 Å². The zero-order valence-electron chi connectivity index (χ0n) is 13.5. The summed E-state index contributed by atoms with van der Waals surface area (Å²) in [5.41, 5.74) is 0. The Morgan fingerprint density at radius 3 is 1.33 bits per heavy atom. The lowest BCUT2D eigenvalue weighted by Crippen LogP contribution is -2.32. The van der Waals surface area contributed by atoms with Gasteiger partial charge in [0, 0.05) is 0 Å². The summed E-state index contributed by atoms with van der Waals surface area (Å²) in [4.78, 5) is 10.8. The maximum Gasteiger partial charge on any atom is 0.142 e. The molecule has 0 N–H and O–H groups in total. The van der Waals surface area contributed by atoms with Gasteiger partial charge in [-0.25, -0.2) is 0 Å². The average Bonchev–Trinajstić information content (AvgIpc) is 2.68. The van der Waals surface area contributed by atoms with Crippen LogP contribution in [0.25, 0.3) is 0 Å². The molecule has 0 radical (unpaired) electrons. The minimum absolute atomic E-state index is 0.837. The predicted molar refractivity (Wildman–Crippen MR) is 105 cm³/mol. The topological polar surface area (TPSA) is 17.1 Å². The second-order valence-corrected chi connectivity index (χ2v) is 9.10. The van der Waals surface area contributed by atoms with E-state index in [-0.39, 0.29) is 0 Å². The highest BCUT2D eigenvalue weighted by atomic mass is 31.2. The van der Waals surface area contributed by atoms with Crippen molar-refractivity contribution in [2.24, 2.45) is 0 Å². The van der Waals surface area contributed by atoms with Crippen molar-refractivity contribution in [3.05, 3.63) is 103 Å². The van der Waals surface area contributed by atoms with Gasteiger partial charge in [-0.3, -0.25) is 4.79 Å². The lowest BCUT2D eigenvalue weighted by molar-refractivity contribution is -0.104. The number of hydrogen-bond donors (Lipinski definition) is 0. The zero-order chi connectivity index (χ0) is 16.7. The molecule has 0 aliphatic carbocycles. The molecule has 0 amide bonds. The minimum atomic E-state index is -1.83. The van der Waals surface area contributed by atoms with Gasteiger partial charge in [-0.05, 0) is 48.6 Å². The van der Waals surface area contributed by atoms with E-state index in [2.05, 4.69) is 91.0 Å². The first-order chi connectivity index (χ1) is 11.9. The van der Waals surface area contributed by atoms with Gasteiger partial charge in [-0.15, -0.1) is 0 Å². The van der Waals surface area contributed by atoms with Gasteiger partial charge in [-0.2, -0.15) is 0 Å². The SMILES string of the molecule is O=C/C=C/C[P+](c1ccccc1)(c1ccccc1)c1ccccc1. The Kier molecular flexibility index (Phi) is 5.36. The van der Waals surface area contributed by atoms with E-state index in [4.69, 9.17) is 0 Å². The van der Waals surface area contributed by atoms with Crippen molar-refractivity contribution < 1.29 is 4.79 Å². The molecule has 0 unspecified atom stereocenters. The number of allylic oxidation sites excluding steroid dienone is 2. The molecule has 3 rings (SSSR count). The van der Waals surface area contributed by atoms with E-state index in [9.17, 15) is 4.79 Å². The Morgan fingerprint density at radius 1 is 0.625 bits per heavy atom. The van der Waals surface area contributed by atoms with Crippen LogP contribution in [0.5, 0.6) is 0 Å². The van der Waals surface area contributed by atoms with E-state index in [1.165, 1.54) is 15.9 Å². The lowest BCUT2D eigenvalue weighted by Gasteiger charge is -2.26. The molecule has 0 aromatic heterocycles. The van der Waals surface area contributed by atoms with Crippen molar-refractivity contribution >= 4 is 29.5 Å². The molecule has 24 heavy (non-hydrogen) atoms. The quantitative estimate of drug-likeness (QED) is 0.382. The summed E-state index contributed by atoms with van der Waals surface area (Å²) in [6.07, 6.45) is 5.32. The number of benzene rings is 3. The predicted octanol–water partition coefficient (Wildman–Crippen LogP) is 3.74. The van der Waals surface area contributed by atoms with E-state index in [0.29, 0.717) is 0 Å². The molecule has 3 aromatic rings. The molecule has 0 saturated heterocycles. The van der Waals surface area contributed by atoms with Gasteiger partial charge in [0.2, 0.25) is 0 Å². The molecule has 0 aliphatic heterocycles. The molecule has 0 aliphatic rings.